The number of aromatic amines is 1. The van der Waals surface area contributed by atoms with E-state index in [4.69, 9.17) is 0 Å². The number of carbonyl (C=O) groups is 1. The summed E-state index contributed by atoms with van der Waals surface area (Å²) < 4.78 is 13.1. The normalized spacial score (nSPS) is 20.6. The number of hydrogen-bond acceptors (Lipinski definition) is 2. The molecule has 1 saturated heterocycles. The van der Waals surface area contributed by atoms with E-state index in [1.54, 1.807) is 0 Å². The Kier molecular flexibility index (Phi) is 4.94. The predicted octanol–water partition coefficient (Wildman–Crippen LogP) is 4.35. The minimum Gasteiger partial charge on any atom is -0.351 e. The molecular formula is C23H26FN3O. The van der Waals surface area contributed by atoms with Gasteiger partial charge in [-0.1, -0.05) is 23.8 Å². The fourth-order valence-corrected chi connectivity index (χ4v) is 4.05. The number of amides is 1. The van der Waals surface area contributed by atoms with Crippen LogP contribution in [0.3, 0.4) is 0 Å². The first-order chi connectivity index (χ1) is 13.4. The Morgan fingerprint density at radius 1 is 1.07 bits per heavy atom. The van der Waals surface area contributed by atoms with Gasteiger partial charge >= 0.3 is 0 Å². The van der Waals surface area contributed by atoms with Crippen LogP contribution in [0.25, 0.3) is 10.9 Å². The van der Waals surface area contributed by atoms with Gasteiger partial charge in [-0.15, -0.1) is 0 Å². The van der Waals surface area contributed by atoms with Crippen molar-refractivity contribution in [1.82, 2.24) is 14.8 Å². The van der Waals surface area contributed by atoms with Crippen LogP contribution in [0, 0.1) is 12.7 Å². The molecule has 1 aliphatic heterocycles. The summed E-state index contributed by atoms with van der Waals surface area (Å²) in [6, 6.07) is 15.1. The van der Waals surface area contributed by atoms with Crippen LogP contribution >= 0.6 is 0 Å². The molecule has 28 heavy (non-hydrogen) atoms. The van der Waals surface area contributed by atoms with Gasteiger partial charge in [-0.25, -0.2) is 4.39 Å². The Labute approximate surface area is 165 Å². The molecule has 1 fully saturated rings. The number of benzene rings is 2. The average Bonchev–Trinajstić information content (AvgIpc) is 3.09. The maximum absolute atomic E-state index is 13.1. The van der Waals surface area contributed by atoms with Crippen molar-refractivity contribution in [3.8, 4) is 0 Å². The molecule has 146 valence electrons. The Morgan fingerprint density at radius 3 is 2.57 bits per heavy atom. The molecule has 1 amide bonds. The van der Waals surface area contributed by atoms with Crippen LogP contribution in [0.5, 0.6) is 0 Å². The van der Waals surface area contributed by atoms with Gasteiger partial charge in [0.1, 0.15) is 11.5 Å². The highest BCUT2D eigenvalue weighted by Crippen LogP contribution is 2.23. The highest BCUT2D eigenvalue weighted by Gasteiger charge is 2.32. The smallest absolute Gasteiger partial charge is 0.270 e. The van der Waals surface area contributed by atoms with E-state index >= 15 is 0 Å². The molecule has 1 aliphatic rings. The first-order valence-corrected chi connectivity index (χ1v) is 9.79. The Hall–Kier alpha value is -2.66. The Balaban J connectivity index is 1.48. The number of carbonyl (C=O) groups excluding carboxylic acids is 1. The van der Waals surface area contributed by atoms with Crippen molar-refractivity contribution in [3.63, 3.8) is 0 Å². The van der Waals surface area contributed by atoms with Crippen LogP contribution < -0.4 is 0 Å². The lowest BCUT2D eigenvalue weighted by atomic mass is 10.1. The summed E-state index contributed by atoms with van der Waals surface area (Å²) in [5, 5.41) is 1.07. The number of nitrogens with one attached hydrogen (secondary N) is 1. The highest BCUT2D eigenvalue weighted by atomic mass is 19.1. The van der Waals surface area contributed by atoms with Crippen molar-refractivity contribution in [1.29, 1.82) is 0 Å². The molecule has 1 aromatic heterocycles. The van der Waals surface area contributed by atoms with E-state index in [1.807, 2.05) is 35.2 Å². The number of nitrogens with zero attached hydrogens (tertiary/aromatic N) is 2. The lowest BCUT2D eigenvalue weighted by molar-refractivity contribution is 0.0287. The van der Waals surface area contributed by atoms with Gasteiger partial charge in [-0.3, -0.25) is 9.69 Å². The minimum absolute atomic E-state index is 0.0506. The summed E-state index contributed by atoms with van der Waals surface area (Å²) in [7, 11) is 0. The number of hydrogen-bond donors (Lipinski definition) is 1. The van der Waals surface area contributed by atoms with Gasteiger partial charge in [0.05, 0.1) is 0 Å². The molecule has 2 aromatic carbocycles. The number of H-pyrrole nitrogens is 1. The summed E-state index contributed by atoms with van der Waals surface area (Å²) >= 11 is 0. The maximum Gasteiger partial charge on any atom is 0.270 e. The summed E-state index contributed by atoms with van der Waals surface area (Å²) in [4.78, 5) is 20.7. The van der Waals surface area contributed by atoms with Gasteiger partial charge < -0.3 is 9.88 Å². The molecule has 5 heteroatoms. The molecule has 1 N–H and O–H groups in total. The largest absolute Gasteiger partial charge is 0.351 e. The lowest BCUT2D eigenvalue weighted by Gasteiger charge is -2.44. The number of fused-ring (bicyclic) bond motifs is 1. The second kappa shape index (κ2) is 7.40. The Bertz CT molecular complexity index is 995. The summed E-state index contributed by atoms with van der Waals surface area (Å²) in [6.45, 7) is 8.52. The Morgan fingerprint density at radius 2 is 1.82 bits per heavy atom. The molecule has 0 radical (unpaired) electrons. The average molecular weight is 379 g/mol. The fraction of sp³-hybridized carbons (Fsp3) is 0.348. The summed E-state index contributed by atoms with van der Waals surface area (Å²) in [5.74, 6) is -0.163. The third-order valence-corrected chi connectivity index (χ3v) is 5.68. The van der Waals surface area contributed by atoms with Crippen molar-refractivity contribution in [2.75, 3.05) is 13.1 Å². The van der Waals surface area contributed by atoms with Crippen molar-refractivity contribution >= 4 is 16.8 Å². The monoisotopic (exact) mass is 379 g/mol. The van der Waals surface area contributed by atoms with Crippen molar-refractivity contribution in [2.45, 2.75) is 39.4 Å². The first-order valence-electron chi connectivity index (χ1n) is 9.79. The van der Waals surface area contributed by atoms with Crippen molar-refractivity contribution < 1.29 is 9.18 Å². The number of piperazine rings is 1. The molecule has 4 rings (SSSR count). The highest BCUT2D eigenvalue weighted by molar-refractivity contribution is 5.98. The third kappa shape index (κ3) is 3.67. The standard InChI is InChI=1S/C23H26FN3O/c1-15-4-9-21-19(10-15)11-22(25-21)23(28)27-13-16(2)26(12-17(27)3)14-18-5-7-20(24)8-6-18/h4-11,16-17,25H,12-14H2,1-3H3/t16-,17+/m0/s1. The van der Waals surface area contributed by atoms with E-state index in [2.05, 4.69) is 36.7 Å². The van der Waals surface area contributed by atoms with E-state index < -0.39 is 0 Å². The molecule has 4 nitrogen and oxygen atoms in total. The maximum atomic E-state index is 13.1. The molecule has 3 aromatic rings. The van der Waals surface area contributed by atoms with E-state index in [0.717, 1.165) is 29.6 Å². The van der Waals surface area contributed by atoms with Gasteiger partial charge in [0, 0.05) is 42.6 Å². The van der Waals surface area contributed by atoms with Gasteiger partial charge in [-0.2, -0.15) is 0 Å². The van der Waals surface area contributed by atoms with Crippen LogP contribution in [0.2, 0.25) is 0 Å². The van der Waals surface area contributed by atoms with E-state index in [-0.39, 0.29) is 23.8 Å². The van der Waals surface area contributed by atoms with E-state index in [1.165, 1.54) is 17.7 Å². The molecule has 0 aliphatic carbocycles. The minimum atomic E-state index is -0.214. The second-order valence-electron chi connectivity index (χ2n) is 7.99. The zero-order chi connectivity index (χ0) is 19.8. The van der Waals surface area contributed by atoms with Crippen LogP contribution in [0.1, 0.15) is 35.5 Å². The van der Waals surface area contributed by atoms with Gasteiger partial charge in [0.15, 0.2) is 0 Å². The van der Waals surface area contributed by atoms with Crippen LogP contribution in [-0.4, -0.2) is 45.9 Å². The predicted molar refractivity (Wildman–Crippen MR) is 110 cm³/mol. The quantitative estimate of drug-likeness (QED) is 0.735. The first kappa shape index (κ1) is 18.7. The molecule has 0 spiro atoms. The number of aryl methyl sites for hydroxylation is 1. The molecule has 2 heterocycles. The molecule has 2 atom stereocenters. The molecule has 0 unspecified atom stereocenters. The van der Waals surface area contributed by atoms with Crippen LogP contribution in [0.4, 0.5) is 4.39 Å². The van der Waals surface area contributed by atoms with Gasteiger partial charge in [0.2, 0.25) is 0 Å². The SMILES string of the molecule is Cc1ccc2[nH]c(C(=O)N3C[C@H](C)N(Cc4ccc(F)cc4)C[C@H]3C)cc2c1. The number of rotatable bonds is 3. The summed E-state index contributed by atoms with van der Waals surface area (Å²) in [5.41, 5.74) is 3.91. The van der Waals surface area contributed by atoms with Crippen molar-refractivity contribution in [3.05, 3.63) is 71.2 Å². The lowest BCUT2D eigenvalue weighted by Crippen LogP contribution is -2.57. The van der Waals surface area contributed by atoms with Crippen LogP contribution in [-0.2, 0) is 6.54 Å². The second-order valence-corrected chi connectivity index (χ2v) is 7.99. The number of aromatic nitrogens is 1. The number of halogens is 1. The zero-order valence-electron chi connectivity index (χ0n) is 16.6. The molecule has 0 saturated carbocycles. The van der Waals surface area contributed by atoms with E-state index in [9.17, 15) is 9.18 Å². The summed E-state index contributed by atoms with van der Waals surface area (Å²) in [6.07, 6.45) is 0. The molecular weight excluding hydrogens is 353 g/mol. The van der Waals surface area contributed by atoms with Crippen molar-refractivity contribution in [2.24, 2.45) is 0 Å². The fourth-order valence-electron chi connectivity index (χ4n) is 4.05. The van der Waals surface area contributed by atoms with Gasteiger partial charge in [-0.05, 0) is 56.7 Å². The van der Waals surface area contributed by atoms with Crippen LogP contribution in [0.15, 0.2) is 48.5 Å². The zero-order valence-corrected chi connectivity index (χ0v) is 16.6. The van der Waals surface area contributed by atoms with Gasteiger partial charge in [0.25, 0.3) is 5.91 Å². The molecule has 0 bridgehead atoms. The third-order valence-electron chi connectivity index (χ3n) is 5.68. The topological polar surface area (TPSA) is 39.3 Å². The van der Waals surface area contributed by atoms with E-state index in [0.29, 0.717) is 12.2 Å².